The van der Waals surface area contributed by atoms with Crippen molar-refractivity contribution in [2.24, 2.45) is 0 Å². The van der Waals surface area contributed by atoms with Crippen molar-refractivity contribution in [3.05, 3.63) is 47.0 Å². The molecule has 1 aromatic rings. The Balaban J connectivity index is 2.07. The normalized spacial score (nSPS) is 12.1. The monoisotopic (exact) mass is 170 g/mol. The van der Waals surface area contributed by atoms with Crippen molar-refractivity contribution < 1.29 is 0 Å². The fourth-order valence-electron chi connectivity index (χ4n) is 1.52. The van der Waals surface area contributed by atoms with E-state index in [4.69, 9.17) is 0 Å². The molecule has 0 unspecified atom stereocenters. The highest BCUT2D eigenvalue weighted by atomic mass is 14.1. The summed E-state index contributed by atoms with van der Waals surface area (Å²) in [6.07, 6.45) is 6.54. The second-order valence-electron chi connectivity index (χ2n) is 3.75. The lowest BCUT2D eigenvalue weighted by atomic mass is 9.94. The van der Waals surface area contributed by atoms with Crippen LogP contribution >= 0.6 is 0 Å². The summed E-state index contributed by atoms with van der Waals surface area (Å²) in [5.74, 6) is 0. The van der Waals surface area contributed by atoms with Gasteiger partial charge in [0.25, 0.3) is 0 Å². The van der Waals surface area contributed by atoms with Crippen LogP contribution in [0.1, 0.15) is 30.0 Å². The summed E-state index contributed by atoms with van der Waals surface area (Å²) in [5, 5.41) is 0. The Morgan fingerprint density at radius 1 is 1.23 bits per heavy atom. The zero-order valence-electron chi connectivity index (χ0n) is 8.01. The lowest BCUT2D eigenvalue weighted by Crippen LogP contribution is -1.93. The molecule has 0 aromatic heterocycles. The molecule has 0 nitrogen and oxygen atoms in total. The number of hydrogen-bond donors (Lipinski definition) is 0. The summed E-state index contributed by atoms with van der Waals surface area (Å²) in [6, 6.07) is 6.69. The number of hydrogen-bond acceptors (Lipinski definition) is 0. The Kier molecular flexibility index (Phi) is 2.05. The van der Waals surface area contributed by atoms with E-state index in [-0.39, 0.29) is 0 Å². The van der Waals surface area contributed by atoms with E-state index in [0.717, 1.165) is 12.8 Å². The zero-order chi connectivity index (χ0) is 9.26. The van der Waals surface area contributed by atoms with Gasteiger partial charge in [-0.2, -0.15) is 0 Å². The van der Waals surface area contributed by atoms with Crippen LogP contribution in [-0.4, -0.2) is 0 Å². The highest BCUT2D eigenvalue weighted by Crippen LogP contribution is 2.24. The number of aryl methyl sites for hydroxylation is 1. The van der Waals surface area contributed by atoms with Gasteiger partial charge in [0.15, 0.2) is 0 Å². The van der Waals surface area contributed by atoms with Gasteiger partial charge in [-0.1, -0.05) is 35.9 Å². The molecule has 0 radical (unpaired) electrons. The van der Waals surface area contributed by atoms with Crippen molar-refractivity contribution in [3.63, 3.8) is 0 Å². The maximum atomic E-state index is 3.91. The fraction of sp³-hybridized carbons (Fsp3) is 0.231. The fourth-order valence-corrected chi connectivity index (χ4v) is 1.52. The SMILES string of the molecule is C=C(C)CCc1ccc2c(c1)C=C2. The van der Waals surface area contributed by atoms with Gasteiger partial charge in [-0.05, 0) is 36.5 Å². The molecule has 0 spiro atoms. The Morgan fingerprint density at radius 3 is 2.54 bits per heavy atom. The zero-order valence-corrected chi connectivity index (χ0v) is 8.01. The van der Waals surface area contributed by atoms with Gasteiger partial charge in [0.05, 0.1) is 0 Å². The first-order valence-electron chi connectivity index (χ1n) is 4.71. The van der Waals surface area contributed by atoms with Crippen LogP contribution in [-0.2, 0) is 6.42 Å². The van der Waals surface area contributed by atoms with E-state index in [2.05, 4.69) is 43.9 Å². The van der Waals surface area contributed by atoms with Crippen LogP contribution in [0, 0.1) is 0 Å². The molecule has 2 rings (SSSR count). The van der Waals surface area contributed by atoms with Crippen molar-refractivity contribution in [3.8, 4) is 0 Å². The topological polar surface area (TPSA) is 0 Å². The Hall–Kier alpha value is -1.30. The first-order valence-corrected chi connectivity index (χ1v) is 4.71. The molecule has 0 heteroatoms. The lowest BCUT2D eigenvalue weighted by Gasteiger charge is -2.11. The average molecular weight is 170 g/mol. The highest BCUT2D eigenvalue weighted by molar-refractivity contribution is 5.85. The number of benzene rings is 1. The summed E-state index contributed by atoms with van der Waals surface area (Å²) in [6.45, 7) is 5.99. The molecule has 1 aliphatic rings. The van der Waals surface area contributed by atoms with Gasteiger partial charge in [-0.3, -0.25) is 0 Å². The van der Waals surface area contributed by atoms with E-state index >= 15 is 0 Å². The van der Waals surface area contributed by atoms with Gasteiger partial charge in [0.2, 0.25) is 0 Å². The maximum absolute atomic E-state index is 3.91. The highest BCUT2D eigenvalue weighted by Gasteiger charge is 2.05. The van der Waals surface area contributed by atoms with E-state index in [1.807, 2.05) is 0 Å². The molecule has 1 aromatic carbocycles. The van der Waals surface area contributed by atoms with Crippen molar-refractivity contribution in [2.45, 2.75) is 19.8 Å². The minimum absolute atomic E-state index is 1.10. The number of fused-ring (bicyclic) bond motifs is 1. The van der Waals surface area contributed by atoms with Crippen molar-refractivity contribution >= 4 is 12.2 Å². The summed E-state index contributed by atoms with van der Waals surface area (Å²) < 4.78 is 0. The van der Waals surface area contributed by atoms with Gasteiger partial charge < -0.3 is 0 Å². The molecule has 0 aliphatic heterocycles. The largest absolute Gasteiger partial charge is 0.100 e. The quantitative estimate of drug-likeness (QED) is 0.616. The molecule has 0 fully saturated rings. The van der Waals surface area contributed by atoms with E-state index in [1.165, 1.54) is 22.3 Å². The van der Waals surface area contributed by atoms with Crippen LogP contribution in [0.15, 0.2) is 30.4 Å². The average Bonchev–Trinajstić information content (AvgIpc) is 2.05. The third kappa shape index (κ3) is 1.72. The first kappa shape index (κ1) is 8.31. The standard InChI is InChI=1S/C13H14/c1-10(2)3-4-11-5-6-12-7-8-13(12)9-11/h5-9H,1,3-4H2,2H3. The Morgan fingerprint density at radius 2 is 2.00 bits per heavy atom. The molecule has 13 heavy (non-hydrogen) atoms. The number of rotatable bonds is 3. The molecule has 0 saturated carbocycles. The maximum Gasteiger partial charge on any atom is -0.0181 e. The van der Waals surface area contributed by atoms with Crippen LogP contribution in [0.2, 0.25) is 0 Å². The Labute approximate surface area is 79.6 Å². The summed E-state index contributed by atoms with van der Waals surface area (Å²) >= 11 is 0. The van der Waals surface area contributed by atoms with E-state index in [1.54, 1.807) is 0 Å². The van der Waals surface area contributed by atoms with Gasteiger partial charge in [0, 0.05) is 0 Å². The second kappa shape index (κ2) is 3.21. The van der Waals surface area contributed by atoms with Gasteiger partial charge in [-0.15, -0.1) is 6.58 Å². The predicted octanol–water partition coefficient (Wildman–Crippen LogP) is 3.68. The number of allylic oxidation sites excluding steroid dienone is 1. The van der Waals surface area contributed by atoms with Gasteiger partial charge in [-0.25, -0.2) is 0 Å². The lowest BCUT2D eigenvalue weighted by molar-refractivity contribution is 0.945. The molecule has 0 bridgehead atoms. The van der Waals surface area contributed by atoms with Crippen LogP contribution in [0.25, 0.3) is 12.2 Å². The molecule has 1 aliphatic carbocycles. The van der Waals surface area contributed by atoms with Gasteiger partial charge >= 0.3 is 0 Å². The van der Waals surface area contributed by atoms with E-state index < -0.39 is 0 Å². The minimum atomic E-state index is 1.10. The molecule has 0 amide bonds. The first-order chi connectivity index (χ1) is 6.25. The predicted molar refractivity (Wildman–Crippen MR) is 58.5 cm³/mol. The molecule has 0 atom stereocenters. The third-order valence-corrected chi connectivity index (χ3v) is 2.43. The Bertz CT molecular complexity index is 370. The van der Waals surface area contributed by atoms with Crippen molar-refractivity contribution in [1.82, 2.24) is 0 Å². The molecule has 66 valence electrons. The van der Waals surface area contributed by atoms with Crippen LogP contribution in [0.5, 0.6) is 0 Å². The van der Waals surface area contributed by atoms with Crippen molar-refractivity contribution in [2.75, 3.05) is 0 Å². The molecule has 0 saturated heterocycles. The second-order valence-corrected chi connectivity index (χ2v) is 3.75. The molecule has 0 heterocycles. The van der Waals surface area contributed by atoms with Crippen LogP contribution in [0.3, 0.4) is 0 Å². The summed E-state index contributed by atoms with van der Waals surface area (Å²) in [7, 11) is 0. The van der Waals surface area contributed by atoms with Crippen molar-refractivity contribution in [1.29, 1.82) is 0 Å². The van der Waals surface area contributed by atoms with E-state index in [0.29, 0.717) is 0 Å². The summed E-state index contributed by atoms with van der Waals surface area (Å²) in [4.78, 5) is 0. The molecule has 0 N–H and O–H groups in total. The van der Waals surface area contributed by atoms with Gasteiger partial charge in [0.1, 0.15) is 0 Å². The smallest absolute Gasteiger partial charge is 0.0181 e. The van der Waals surface area contributed by atoms with Crippen LogP contribution in [0.4, 0.5) is 0 Å². The van der Waals surface area contributed by atoms with E-state index in [9.17, 15) is 0 Å². The minimum Gasteiger partial charge on any atom is -0.100 e. The summed E-state index contributed by atoms with van der Waals surface area (Å²) in [5.41, 5.74) is 5.45. The van der Waals surface area contributed by atoms with Crippen LogP contribution < -0.4 is 0 Å². The molecular formula is C13H14. The third-order valence-electron chi connectivity index (χ3n) is 2.43. The molecular weight excluding hydrogens is 156 g/mol.